The smallest absolute Gasteiger partial charge is 0.263 e. The Kier molecular flexibility index (Phi) is 5.93. The fourth-order valence-electron chi connectivity index (χ4n) is 3.63. The second-order valence-corrected chi connectivity index (χ2v) is 9.23. The van der Waals surface area contributed by atoms with E-state index in [1.807, 2.05) is 18.2 Å². The Balaban J connectivity index is 1.62. The first kappa shape index (κ1) is 21.3. The Morgan fingerprint density at radius 2 is 1.90 bits per heavy atom. The van der Waals surface area contributed by atoms with Gasteiger partial charge in [-0.2, -0.15) is 0 Å². The van der Waals surface area contributed by atoms with Gasteiger partial charge in [0, 0.05) is 24.0 Å². The Labute approximate surface area is 184 Å². The topological polar surface area (TPSA) is 79.4 Å². The van der Waals surface area contributed by atoms with Gasteiger partial charge in [-0.15, -0.1) is 0 Å². The third-order valence-electron chi connectivity index (χ3n) is 5.11. The summed E-state index contributed by atoms with van der Waals surface area (Å²) in [5.41, 5.74) is 1.20. The van der Waals surface area contributed by atoms with Gasteiger partial charge in [0.15, 0.2) is 0 Å². The maximum atomic E-state index is 13.2. The van der Waals surface area contributed by atoms with Gasteiger partial charge in [-0.3, -0.25) is 14.5 Å². The van der Waals surface area contributed by atoms with E-state index in [1.165, 1.54) is 30.3 Å². The van der Waals surface area contributed by atoms with Crippen molar-refractivity contribution in [3.8, 4) is 0 Å². The molecule has 3 aromatic rings. The summed E-state index contributed by atoms with van der Waals surface area (Å²) < 4.78 is 41.2. The number of nitrogens with one attached hydrogen (secondary N) is 1. The van der Waals surface area contributed by atoms with E-state index in [0.717, 1.165) is 30.7 Å². The van der Waals surface area contributed by atoms with Crippen LogP contribution in [0.15, 0.2) is 71.8 Å². The van der Waals surface area contributed by atoms with Crippen LogP contribution in [0.25, 0.3) is 0 Å². The molecule has 0 bridgehead atoms. The molecule has 1 N–H and O–H groups in total. The fraction of sp³-hybridized carbons (Fsp3) is 0.182. The lowest BCUT2D eigenvalue weighted by Crippen LogP contribution is -2.31. The molecule has 0 spiro atoms. The summed E-state index contributed by atoms with van der Waals surface area (Å²) >= 11 is 6.15. The second kappa shape index (κ2) is 8.64. The summed E-state index contributed by atoms with van der Waals surface area (Å²) in [7, 11) is -4.09. The summed E-state index contributed by atoms with van der Waals surface area (Å²) in [4.78, 5) is 19.1. The fourth-order valence-corrected chi connectivity index (χ4v) is 5.21. The Morgan fingerprint density at radius 1 is 1.13 bits per heavy atom. The molecular formula is C22H19ClFN3O3S. The number of carbonyl (C=O) groups is 1. The molecule has 1 atom stereocenters. The lowest BCUT2D eigenvalue weighted by Gasteiger charge is -2.24. The molecule has 1 saturated heterocycles. The van der Waals surface area contributed by atoms with Crippen LogP contribution in [0.1, 0.15) is 34.9 Å². The van der Waals surface area contributed by atoms with E-state index in [1.54, 1.807) is 11.1 Å². The standard InChI is InChI=1S/C22H19ClFN3O3S/c23-18-11-6-15(14-21(18)31(29,30)26-17-9-7-16(24)8-10-17)22(28)27-13-3-5-20(27)19-4-1-2-12-25-19/h1-2,4,6-12,14,20,26H,3,5,13H2. The number of amides is 1. The van der Waals surface area contributed by atoms with Crippen LogP contribution >= 0.6 is 11.6 Å². The van der Waals surface area contributed by atoms with Gasteiger partial charge < -0.3 is 4.90 Å². The number of nitrogens with zero attached hydrogens (tertiary/aromatic N) is 2. The van der Waals surface area contributed by atoms with Crippen LogP contribution in [0, 0.1) is 5.82 Å². The summed E-state index contributed by atoms with van der Waals surface area (Å²) in [5, 5.41) is -0.0196. The highest BCUT2D eigenvalue weighted by Crippen LogP contribution is 2.33. The molecule has 1 aliphatic rings. The maximum Gasteiger partial charge on any atom is 0.263 e. The van der Waals surface area contributed by atoms with Crippen molar-refractivity contribution >= 4 is 33.2 Å². The zero-order valence-electron chi connectivity index (χ0n) is 16.3. The highest BCUT2D eigenvalue weighted by atomic mass is 35.5. The van der Waals surface area contributed by atoms with Crippen LogP contribution in [0.3, 0.4) is 0 Å². The summed E-state index contributed by atoms with van der Waals surface area (Å²) in [5.74, 6) is -0.773. The molecule has 1 aromatic heterocycles. The van der Waals surface area contributed by atoms with Gasteiger partial charge in [0.2, 0.25) is 0 Å². The highest BCUT2D eigenvalue weighted by molar-refractivity contribution is 7.92. The maximum absolute atomic E-state index is 13.2. The minimum absolute atomic E-state index is 0.0196. The zero-order valence-corrected chi connectivity index (χ0v) is 17.9. The normalized spacial score (nSPS) is 16.3. The number of anilines is 1. The lowest BCUT2D eigenvalue weighted by atomic mass is 10.1. The first-order valence-corrected chi connectivity index (χ1v) is 11.5. The molecule has 2 heterocycles. The van der Waals surface area contributed by atoms with Crippen LogP contribution < -0.4 is 4.72 Å². The molecular weight excluding hydrogens is 441 g/mol. The van der Waals surface area contributed by atoms with Crippen molar-refractivity contribution in [2.45, 2.75) is 23.8 Å². The van der Waals surface area contributed by atoms with E-state index < -0.39 is 15.8 Å². The summed E-state index contributed by atoms with van der Waals surface area (Å²) in [6.07, 6.45) is 3.30. The van der Waals surface area contributed by atoms with Gasteiger partial charge >= 0.3 is 0 Å². The molecule has 1 aliphatic heterocycles. The van der Waals surface area contributed by atoms with Crippen LogP contribution in [0.5, 0.6) is 0 Å². The third kappa shape index (κ3) is 4.55. The molecule has 4 rings (SSSR count). The number of sulfonamides is 1. The number of likely N-dealkylation sites (tertiary alicyclic amines) is 1. The molecule has 0 radical (unpaired) electrons. The van der Waals surface area contributed by atoms with E-state index in [-0.39, 0.29) is 33.1 Å². The van der Waals surface area contributed by atoms with Gasteiger partial charge in [-0.1, -0.05) is 17.7 Å². The number of rotatable bonds is 5. The summed E-state index contributed by atoms with van der Waals surface area (Å²) in [6, 6.07) is 14.5. The average Bonchev–Trinajstić information content (AvgIpc) is 3.25. The van der Waals surface area contributed by atoms with E-state index in [9.17, 15) is 17.6 Å². The van der Waals surface area contributed by atoms with Crippen molar-refractivity contribution in [3.63, 3.8) is 0 Å². The van der Waals surface area contributed by atoms with Gasteiger partial charge in [0.05, 0.1) is 16.8 Å². The predicted octanol–water partition coefficient (Wildman–Crippen LogP) is 4.65. The number of hydrogen-bond acceptors (Lipinski definition) is 4. The minimum atomic E-state index is -4.09. The van der Waals surface area contributed by atoms with Crippen molar-refractivity contribution in [3.05, 3.63) is 89.0 Å². The Morgan fingerprint density at radius 3 is 2.61 bits per heavy atom. The molecule has 31 heavy (non-hydrogen) atoms. The van der Waals surface area contributed by atoms with Crippen molar-refractivity contribution in [2.75, 3.05) is 11.3 Å². The van der Waals surface area contributed by atoms with Crippen molar-refractivity contribution in [2.24, 2.45) is 0 Å². The number of aromatic nitrogens is 1. The van der Waals surface area contributed by atoms with Crippen LogP contribution in [0.2, 0.25) is 5.02 Å². The Hall–Kier alpha value is -2.97. The molecule has 9 heteroatoms. The zero-order chi connectivity index (χ0) is 22.0. The largest absolute Gasteiger partial charge is 0.330 e. The van der Waals surface area contributed by atoms with Crippen molar-refractivity contribution in [1.29, 1.82) is 0 Å². The van der Waals surface area contributed by atoms with E-state index >= 15 is 0 Å². The van der Waals surface area contributed by atoms with E-state index in [2.05, 4.69) is 9.71 Å². The minimum Gasteiger partial charge on any atom is -0.330 e. The molecule has 0 saturated carbocycles. The van der Waals surface area contributed by atoms with Gasteiger partial charge in [0.25, 0.3) is 15.9 Å². The van der Waals surface area contributed by atoms with Gasteiger partial charge in [-0.05, 0) is 67.4 Å². The van der Waals surface area contributed by atoms with Crippen molar-refractivity contribution < 1.29 is 17.6 Å². The number of pyridine rings is 1. The number of hydrogen-bond donors (Lipinski definition) is 1. The molecule has 2 aromatic carbocycles. The average molecular weight is 460 g/mol. The SMILES string of the molecule is O=C(c1ccc(Cl)c(S(=O)(=O)Nc2ccc(F)cc2)c1)N1CCCC1c1ccccn1. The number of benzene rings is 2. The molecule has 6 nitrogen and oxygen atoms in total. The molecule has 1 amide bonds. The molecule has 0 aliphatic carbocycles. The quantitative estimate of drug-likeness (QED) is 0.602. The summed E-state index contributed by atoms with van der Waals surface area (Å²) in [6.45, 7) is 0.554. The van der Waals surface area contributed by atoms with Crippen LogP contribution in [0.4, 0.5) is 10.1 Å². The first-order valence-electron chi connectivity index (χ1n) is 9.65. The van der Waals surface area contributed by atoms with Gasteiger partial charge in [0.1, 0.15) is 10.7 Å². The predicted molar refractivity (Wildman–Crippen MR) is 116 cm³/mol. The number of carbonyl (C=O) groups excluding carboxylic acids is 1. The molecule has 1 unspecified atom stereocenters. The molecule has 1 fully saturated rings. The monoisotopic (exact) mass is 459 g/mol. The van der Waals surface area contributed by atoms with Crippen LogP contribution in [-0.4, -0.2) is 30.8 Å². The highest BCUT2D eigenvalue weighted by Gasteiger charge is 2.32. The number of halogens is 2. The lowest BCUT2D eigenvalue weighted by molar-refractivity contribution is 0.0732. The third-order valence-corrected chi connectivity index (χ3v) is 6.97. The Bertz CT molecular complexity index is 1200. The van der Waals surface area contributed by atoms with Crippen LogP contribution in [-0.2, 0) is 10.0 Å². The van der Waals surface area contributed by atoms with Gasteiger partial charge in [-0.25, -0.2) is 12.8 Å². The molecule has 160 valence electrons. The van der Waals surface area contributed by atoms with Crippen molar-refractivity contribution in [1.82, 2.24) is 9.88 Å². The first-order chi connectivity index (χ1) is 14.8. The second-order valence-electron chi connectivity index (χ2n) is 7.17. The van der Waals surface area contributed by atoms with E-state index in [0.29, 0.717) is 6.54 Å². The van der Waals surface area contributed by atoms with E-state index in [4.69, 9.17) is 11.6 Å².